The van der Waals surface area contributed by atoms with Gasteiger partial charge in [0.05, 0.1) is 6.33 Å². The molecule has 5 N–H and O–H groups in total. The number of hydrogen-bond acceptors (Lipinski definition) is 6. The van der Waals surface area contributed by atoms with Crippen molar-refractivity contribution in [1.82, 2.24) is 24.8 Å². The topological polar surface area (TPSA) is 98.0 Å². The summed E-state index contributed by atoms with van der Waals surface area (Å²) < 4.78 is 17.7. The van der Waals surface area contributed by atoms with Gasteiger partial charge in [-0.3, -0.25) is 4.90 Å². The van der Waals surface area contributed by atoms with Crippen LogP contribution in [0.1, 0.15) is 38.1 Å². The summed E-state index contributed by atoms with van der Waals surface area (Å²) in [6.07, 6.45) is 11.8. The summed E-state index contributed by atoms with van der Waals surface area (Å²) in [7, 11) is 1.94. The number of nitrogens with one attached hydrogen (secondary N) is 1. The Hall–Kier alpha value is -2.45. The zero-order valence-electron chi connectivity index (χ0n) is 17.8. The zero-order chi connectivity index (χ0) is 21.4. The average molecular weight is 416 g/mol. The monoisotopic (exact) mass is 415 g/mol. The summed E-state index contributed by atoms with van der Waals surface area (Å²) in [5.41, 5.74) is 12.7. The quantitative estimate of drug-likeness (QED) is 0.516. The molecule has 1 fully saturated rings. The standard InChI is InChI=1S/C22H34FN7/c1-26-12-6-19(30-17-28-20-3-2-11-27-21(20)30)4-7-22(23)8-13-29(14-9-22)16-18(15-25)5-10-24/h2-3,5,10-11,15,17,19,26H,4,6-9,12-14,16,24-25H2,1H3/b10-5-,18-15+. The van der Waals surface area contributed by atoms with Crippen molar-refractivity contribution in [1.29, 1.82) is 0 Å². The van der Waals surface area contributed by atoms with Gasteiger partial charge in [0.15, 0.2) is 5.65 Å². The lowest BCUT2D eigenvalue weighted by Gasteiger charge is -2.37. The SMILES string of the molecule is CNCCC(CCC1(F)CCN(CC(/C=C\N)=C/N)CC1)n1cnc2cccnc21. The molecule has 0 aliphatic carbocycles. The minimum Gasteiger partial charge on any atom is -0.405 e. The highest BCUT2D eigenvalue weighted by Gasteiger charge is 2.35. The zero-order valence-corrected chi connectivity index (χ0v) is 17.8. The maximum atomic E-state index is 15.6. The van der Waals surface area contributed by atoms with Crippen LogP contribution in [0.25, 0.3) is 11.2 Å². The lowest BCUT2D eigenvalue weighted by molar-refractivity contribution is 0.0493. The maximum absolute atomic E-state index is 15.6. The fourth-order valence-electron chi connectivity index (χ4n) is 4.20. The van der Waals surface area contributed by atoms with Gasteiger partial charge in [-0.05, 0) is 81.9 Å². The van der Waals surface area contributed by atoms with Gasteiger partial charge in [-0.1, -0.05) is 0 Å². The van der Waals surface area contributed by atoms with Crippen LogP contribution in [0.3, 0.4) is 0 Å². The average Bonchev–Trinajstić information content (AvgIpc) is 3.19. The minimum absolute atomic E-state index is 0.171. The van der Waals surface area contributed by atoms with Crippen molar-refractivity contribution in [3.8, 4) is 0 Å². The van der Waals surface area contributed by atoms with Crippen LogP contribution in [0.5, 0.6) is 0 Å². The van der Waals surface area contributed by atoms with Crippen molar-refractivity contribution in [3.63, 3.8) is 0 Å². The van der Waals surface area contributed by atoms with Crippen LogP contribution in [0.15, 0.2) is 48.7 Å². The van der Waals surface area contributed by atoms with Crippen LogP contribution in [0, 0.1) is 0 Å². The molecule has 3 rings (SSSR count). The number of nitrogens with two attached hydrogens (primary N) is 2. The van der Waals surface area contributed by atoms with Gasteiger partial charge in [0, 0.05) is 31.9 Å². The summed E-state index contributed by atoms with van der Waals surface area (Å²) in [6, 6.07) is 4.02. The number of fused-ring (bicyclic) bond motifs is 1. The number of rotatable bonds is 10. The van der Waals surface area contributed by atoms with Crippen molar-refractivity contribution in [3.05, 3.63) is 48.7 Å². The van der Waals surface area contributed by atoms with Crippen LogP contribution < -0.4 is 16.8 Å². The Morgan fingerprint density at radius 3 is 2.80 bits per heavy atom. The van der Waals surface area contributed by atoms with Gasteiger partial charge in [0.2, 0.25) is 0 Å². The van der Waals surface area contributed by atoms with Crippen LogP contribution in [0.2, 0.25) is 0 Å². The van der Waals surface area contributed by atoms with Crippen molar-refractivity contribution >= 4 is 11.2 Å². The molecule has 0 radical (unpaired) electrons. The first-order valence-electron chi connectivity index (χ1n) is 10.7. The van der Waals surface area contributed by atoms with E-state index in [2.05, 4.69) is 24.8 Å². The Balaban J connectivity index is 1.60. The molecule has 8 heteroatoms. The first-order valence-corrected chi connectivity index (χ1v) is 10.7. The normalized spacial score (nSPS) is 18.9. The summed E-state index contributed by atoms with van der Waals surface area (Å²) in [4.78, 5) is 11.2. The van der Waals surface area contributed by atoms with Gasteiger partial charge in [0.25, 0.3) is 0 Å². The van der Waals surface area contributed by atoms with Gasteiger partial charge in [0.1, 0.15) is 11.2 Å². The Kier molecular flexibility index (Phi) is 7.81. The van der Waals surface area contributed by atoms with E-state index in [1.807, 2.05) is 25.5 Å². The van der Waals surface area contributed by atoms with Crippen molar-refractivity contribution in [2.45, 2.75) is 43.8 Å². The molecule has 0 amide bonds. The summed E-state index contributed by atoms with van der Waals surface area (Å²) in [5.74, 6) is 0. The van der Waals surface area contributed by atoms with E-state index in [1.54, 1.807) is 18.5 Å². The highest BCUT2D eigenvalue weighted by Crippen LogP contribution is 2.35. The molecular weight excluding hydrogens is 381 g/mol. The lowest BCUT2D eigenvalue weighted by Crippen LogP contribution is -2.42. The van der Waals surface area contributed by atoms with Gasteiger partial charge in [-0.25, -0.2) is 14.4 Å². The van der Waals surface area contributed by atoms with Gasteiger partial charge < -0.3 is 21.4 Å². The summed E-state index contributed by atoms with van der Waals surface area (Å²) in [6.45, 7) is 3.02. The van der Waals surface area contributed by atoms with Crippen LogP contribution in [-0.2, 0) is 0 Å². The predicted molar refractivity (Wildman–Crippen MR) is 119 cm³/mol. The number of piperidine rings is 1. The molecule has 1 atom stereocenters. The molecule has 2 aromatic heterocycles. The Labute approximate surface area is 178 Å². The molecule has 3 heterocycles. The molecular formula is C22H34FN7. The number of nitrogens with zero attached hydrogens (tertiary/aromatic N) is 4. The second-order valence-electron chi connectivity index (χ2n) is 8.11. The predicted octanol–water partition coefficient (Wildman–Crippen LogP) is 2.48. The Morgan fingerprint density at radius 2 is 2.10 bits per heavy atom. The van der Waals surface area contributed by atoms with Crippen molar-refractivity contribution in [2.24, 2.45) is 11.5 Å². The van der Waals surface area contributed by atoms with E-state index in [0.29, 0.717) is 25.8 Å². The number of alkyl halides is 1. The highest BCUT2D eigenvalue weighted by atomic mass is 19.1. The van der Waals surface area contributed by atoms with Gasteiger partial charge >= 0.3 is 0 Å². The molecule has 1 aliphatic heterocycles. The number of pyridine rings is 1. The van der Waals surface area contributed by atoms with Crippen molar-refractivity contribution in [2.75, 3.05) is 33.2 Å². The smallest absolute Gasteiger partial charge is 0.160 e. The van der Waals surface area contributed by atoms with E-state index in [1.165, 1.54) is 6.20 Å². The molecule has 7 nitrogen and oxygen atoms in total. The summed E-state index contributed by atoms with van der Waals surface area (Å²) >= 11 is 0. The third-order valence-corrected chi connectivity index (χ3v) is 6.06. The fraction of sp³-hybridized carbons (Fsp3) is 0.545. The van der Waals surface area contributed by atoms with Crippen LogP contribution in [0.4, 0.5) is 4.39 Å². The van der Waals surface area contributed by atoms with Crippen LogP contribution in [-0.4, -0.2) is 58.3 Å². The molecule has 0 aromatic carbocycles. The maximum Gasteiger partial charge on any atom is 0.160 e. The molecule has 0 bridgehead atoms. The number of aromatic nitrogens is 3. The third kappa shape index (κ3) is 5.58. The molecule has 164 valence electrons. The second kappa shape index (κ2) is 10.5. The van der Waals surface area contributed by atoms with Crippen molar-refractivity contribution < 1.29 is 4.39 Å². The fourth-order valence-corrected chi connectivity index (χ4v) is 4.20. The molecule has 0 saturated carbocycles. The molecule has 1 aliphatic rings. The lowest BCUT2D eigenvalue weighted by atomic mass is 9.86. The van der Waals surface area contributed by atoms with Gasteiger partial charge in [-0.15, -0.1) is 0 Å². The number of imidazole rings is 1. The third-order valence-electron chi connectivity index (χ3n) is 6.06. The number of hydrogen-bond donors (Lipinski definition) is 3. The molecule has 2 aromatic rings. The van der Waals surface area contributed by atoms with E-state index < -0.39 is 5.67 Å². The first kappa shape index (κ1) is 22.2. The minimum atomic E-state index is -1.13. The Morgan fingerprint density at radius 1 is 1.30 bits per heavy atom. The number of likely N-dealkylation sites (tertiary alicyclic amines) is 1. The number of halogens is 1. The first-order chi connectivity index (χ1) is 14.6. The summed E-state index contributed by atoms with van der Waals surface area (Å²) in [5, 5.41) is 3.21. The molecule has 1 saturated heterocycles. The van der Waals surface area contributed by atoms with E-state index in [0.717, 1.165) is 49.2 Å². The Bertz CT molecular complexity index is 852. The van der Waals surface area contributed by atoms with Crippen LogP contribution >= 0.6 is 0 Å². The molecule has 30 heavy (non-hydrogen) atoms. The highest BCUT2D eigenvalue weighted by molar-refractivity contribution is 5.70. The van der Waals surface area contributed by atoms with Gasteiger partial charge in [-0.2, -0.15) is 0 Å². The molecule has 0 spiro atoms. The van der Waals surface area contributed by atoms with E-state index in [-0.39, 0.29) is 6.04 Å². The van der Waals surface area contributed by atoms with E-state index >= 15 is 4.39 Å². The molecule has 1 unspecified atom stereocenters. The largest absolute Gasteiger partial charge is 0.405 e. The van der Waals surface area contributed by atoms with E-state index in [4.69, 9.17) is 11.5 Å². The second-order valence-corrected chi connectivity index (χ2v) is 8.11. The van der Waals surface area contributed by atoms with E-state index in [9.17, 15) is 0 Å².